The standard InChI is InChI=1S/C18H24N4O.ClH/c1-3-4-5-13-6-8-14(9-7-13)22(2)18(23)17-15-12-19-11-10-16(15)20-21-17;/h6-9,19H,3-5,10-12H2,1-2H3,(H,20,21);1H. The van der Waals surface area contributed by atoms with Crippen LogP contribution in [0.3, 0.4) is 0 Å². The number of fused-ring (bicyclic) bond motifs is 1. The van der Waals surface area contributed by atoms with Crippen LogP contribution in [0.25, 0.3) is 0 Å². The van der Waals surface area contributed by atoms with Crippen LogP contribution in [0.4, 0.5) is 5.69 Å². The molecule has 2 N–H and O–H groups in total. The molecule has 130 valence electrons. The first-order valence-corrected chi connectivity index (χ1v) is 8.34. The first-order valence-electron chi connectivity index (χ1n) is 8.34. The Hall–Kier alpha value is -1.85. The zero-order valence-corrected chi connectivity index (χ0v) is 15.1. The monoisotopic (exact) mass is 348 g/mol. The maximum Gasteiger partial charge on any atom is 0.278 e. The lowest BCUT2D eigenvalue weighted by Crippen LogP contribution is -2.30. The Balaban J connectivity index is 0.00000208. The fraction of sp³-hybridized carbons (Fsp3) is 0.444. The van der Waals surface area contributed by atoms with E-state index in [0.29, 0.717) is 12.2 Å². The van der Waals surface area contributed by atoms with E-state index in [2.05, 4.69) is 34.6 Å². The summed E-state index contributed by atoms with van der Waals surface area (Å²) < 4.78 is 0. The molecule has 2 aromatic rings. The van der Waals surface area contributed by atoms with E-state index in [1.54, 1.807) is 11.9 Å². The van der Waals surface area contributed by atoms with E-state index < -0.39 is 0 Å². The molecule has 0 bridgehead atoms. The molecule has 5 nitrogen and oxygen atoms in total. The molecule has 1 aliphatic rings. The Morgan fingerprint density at radius 2 is 2.04 bits per heavy atom. The van der Waals surface area contributed by atoms with Gasteiger partial charge in [-0.3, -0.25) is 9.89 Å². The van der Waals surface area contributed by atoms with Crippen molar-refractivity contribution in [2.45, 2.75) is 39.2 Å². The molecule has 0 fully saturated rings. The van der Waals surface area contributed by atoms with Gasteiger partial charge in [0.1, 0.15) is 0 Å². The van der Waals surface area contributed by atoms with Crippen molar-refractivity contribution >= 4 is 24.0 Å². The fourth-order valence-electron chi connectivity index (χ4n) is 2.95. The molecular weight excluding hydrogens is 324 g/mol. The number of H-pyrrole nitrogens is 1. The number of hydrogen-bond donors (Lipinski definition) is 2. The number of benzene rings is 1. The zero-order chi connectivity index (χ0) is 16.2. The zero-order valence-electron chi connectivity index (χ0n) is 14.3. The number of aromatic amines is 1. The second-order valence-corrected chi connectivity index (χ2v) is 6.09. The van der Waals surface area contributed by atoms with Gasteiger partial charge in [0.05, 0.1) is 0 Å². The first kappa shape index (κ1) is 18.5. The van der Waals surface area contributed by atoms with E-state index in [1.165, 1.54) is 18.4 Å². The van der Waals surface area contributed by atoms with Crippen LogP contribution in [0.5, 0.6) is 0 Å². The van der Waals surface area contributed by atoms with Gasteiger partial charge in [-0.05, 0) is 30.5 Å². The van der Waals surface area contributed by atoms with Gasteiger partial charge in [-0.15, -0.1) is 12.4 Å². The molecule has 0 atom stereocenters. The summed E-state index contributed by atoms with van der Waals surface area (Å²) >= 11 is 0. The predicted octanol–water partition coefficient (Wildman–Crippen LogP) is 3.10. The van der Waals surface area contributed by atoms with Crippen molar-refractivity contribution in [1.82, 2.24) is 15.5 Å². The normalized spacial score (nSPS) is 13.1. The van der Waals surface area contributed by atoms with E-state index in [-0.39, 0.29) is 18.3 Å². The highest BCUT2D eigenvalue weighted by molar-refractivity contribution is 6.05. The number of aryl methyl sites for hydroxylation is 1. The topological polar surface area (TPSA) is 61.0 Å². The summed E-state index contributed by atoms with van der Waals surface area (Å²) in [5, 5.41) is 10.6. The molecule has 3 rings (SSSR count). The lowest BCUT2D eigenvalue weighted by Gasteiger charge is -2.18. The van der Waals surface area contributed by atoms with Crippen molar-refractivity contribution in [3.8, 4) is 0 Å². The van der Waals surface area contributed by atoms with Gasteiger partial charge in [-0.2, -0.15) is 5.10 Å². The van der Waals surface area contributed by atoms with Gasteiger partial charge in [0, 0.05) is 43.5 Å². The minimum absolute atomic E-state index is 0. The Bertz CT molecular complexity index is 681. The maximum atomic E-state index is 12.8. The molecule has 1 aromatic heterocycles. The maximum absolute atomic E-state index is 12.8. The highest BCUT2D eigenvalue weighted by Crippen LogP contribution is 2.21. The van der Waals surface area contributed by atoms with Crippen molar-refractivity contribution in [2.24, 2.45) is 0 Å². The SMILES string of the molecule is CCCCc1ccc(N(C)C(=O)c2n[nH]c3c2CNCC3)cc1.Cl. The molecule has 6 heteroatoms. The van der Waals surface area contributed by atoms with Gasteiger partial charge in [-0.1, -0.05) is 25.5 Å². The summed E-state index contributed by atoms with van der Waals surface area (Å²) in [5.41, 5.74) is 4.83. The number of nitrogens with one attached hydrogen (secondary N) is 2. The molecule has 2 heterocycles. The van der Waals surface area contributed by atoms with Crippen LogP contribution >= 0.6 is 12.4 Å². The highest BCUT2D eigenvalue weighted by atomic mass is 35.5. The van der Waals surface area contributed by atoms with Crippen LogP contribution in [0.2, 0.25) is 0 Å². The van der Waals surface area contributed by atoms with Crippen molar-refractivity contribution in [3.63, 3.8) is 0 Å². The molecule has 1 amide bonds. The molecular formula is C18H25ClN4O. The van der Waals surface area contributed by atoms with Gasteiger partial charge in [0.25, 0.3) is 5.91 Å². The molecule has 0 saturated heterocycles. The van der Waals surface area contributed by atoms with Crippen molar-refractivity contribution in [3.05, 3.63) is 46.8 Å². The summed E-state index contributed by atoms with van der Waals surface area (Å²) in [4.78, 5) is 14.4. The van der Waals surface area contributed by atoms with Crippen LogP contribution in [-0.2, 0) is 19.4 Å². The molecule has 1 aromatic carbocycles. The third-order valence-corrected chi connectivity index (χ3v) is 4.46. The highest BCUT2D eigenvalue weighted by Gasteiger charge is 2.24. The third-order valence-electron chi connectivity index (χ3n) is 4.46. The third kappa shape index (κ3) is 3.79. The number of hydrogen-bond acceptors (Lipinski definition) is 3. The van der Waals surface area contributed by atoms with E-state index in [0.717, 1.165) is 36.3 Å². The Morgan fingerprint density at radius 1 is 1.29 bits per heavy atom. The van der Waals surface area contributed by atoms with Crippen LogP contribution in [0, 0.1) is 0 Å². The van der Waals surface area contributed by atoms with Crippen LogP contribution in [0.15, 0.2) is 24.3 Å². The van der Waals surface area contributed by atoms with Gasteiger partial charge >= 0.3 is 0 Å². The molecule has 0 unspecified atom stereocenters. The van der Waals surface area contributed by atoms with E-state index in [1.807, 2.05) is 12.1 Å². The van der Waals surface area contributed by atoms with Crippen molar-refractivity contribution < 1.29 is 4.79 Å². The van der Waals surface area contributed by atoms with E-state index in [4.69, 9.17) is 0 Å². The van der Waals surface area contributed by atoms with Gasteiger partial charge < -0.3 is 10.2 Å². The summed E-state index contributed by atoms with van der Waals surface area (Å²) in [6.45, 7) is 3.83. The van der Waals surface area contributed by atoms with Crippen LogP contribution in [-0.4, -0.2) is 29.7 Å². The minimum Gasteiger partial charge on any atom is -0.312 e. The second kappa shape index (κ2) is 8.31. The summed E-state index contributed by atoms with van der Waals surface area (Å²) in [7, 11) is 1.81. The number of aromatic nitrogens is 2. The molecule has 0 saturated carbocycles. The number of rotatable bonds is 5. The number of anilines is 1. The Morgan fingerprint density at radius 3 is 2.75 bits per heavy atom. The van der Waals surface area contributed by atoms with Crippen molar-refractivity contribution in [2.75, 3.05) is 18.5 Å². The minimum atomic E-state index is -0.0625. The number of nitrogens with zero attached hydrogens (tertiary/aromatic N) is 2. The lowest BCUT2D eigenvalue weighted by molar-refractivity contribution is 0.0987. The van der Waals surface area contributed by atoms with Gasteiger partial charge in [-0.25, -0.2) is 0 Å². The van der Waals surface area contributed by atoms with E-state index >= 15 is 0 Å². The summed E-state index contributed by atoms with van der Waals surface area (Å²) in [6.07, 6.45) is 4.37. The van der Waals surface area contributed by atoms with Gasteiger partial charge in [0.15, 0.2) is 5.69 Å². The predicted molar refractivity (Wildman–Crippen MR) is 99.0 cm³/mol. The Labute approximate surface area is 149 Å². The fourth-order valence-corrected chi connectivity index (χ4v) is 2.95. The van der Waals surface area contributed by atoms with E-state index in [9.17, 15) is 4.79 Å². The average Bonchev–Trinajstić information content (AvgIpc) is 3.03. The summed E-state index contributed by atoms with van der Waals surface area (Å²) in [5.74, 6) is -0.0625. The van der Waals surface area contributed by atoms with Crippen LogP contribution in [0.1, 0.15) is 47.1 Å². The number of carbonyl (C=O) groups is 1. The first-order chi connectivity index (χ1) is 11.2. The molecule has 0 radical (unpaired) electrons. The molecule has 0 aliphatic carbocycles. The largest absolute Gasteiger partial charge is 0.312 e. The average molecular weight is 349 g/mol. The molecule has 24 heavy (non-hydrogen) atoms. The number of halogens is 1. The summed E-state index contributed by atoms with van der Waals surface area (Å²) in [6, 6.07) is 8.24. The van der Waals surface area contributed by atoms with Gasteiger partial charge in [0.2, 0.25) is 0 Å². The van der Waals surface area contributed by atoms with Crippen molar-refractivity contribution in [1.29, 1.82) is 0 Å². The lowest BCUT2D eigenvalue weighted by atomic mass is 10.1. The molecule has 1 aliphatic heterocycles. The quantitative estimate of drug-likeness (QED) is 0.872. The number of unbranched alkanes of at least 4 members (excludes halogenated alkanes) is 1. The van der Waals surface area contributed by atoms with Crippen LogP contribution < -0.4 is 10.2 Å². The smallest absolute Gasteiger partial charge is 0.278 e. The Kier molecular flexibility index (Phi) is 6.40. The second-order valence-electron chi connectivity index (χ2n) is 6.09. The number of amides is 1. The number of carbonyl (C=O) groups excluding carboxylic acids is 1. The molecule has 0 spiro atoms.